The summed E-state index contributed by atoms with van der Waals surface area (Å²) >= 11 is 3.46. The van der Waals surface area contributed by atoms with Crippen molar-refractivity contribution >= 4 is 34.1 Å². The first-order valence-electron chi connectivity index (χ1n) is 6.30. The molecule has 0 fully saturated rings. The van der Waals surface area contributed by atoms with E-state index in [2.05, 4.69) is 60.8 Å². The fourth-order valence-electron chi connectivity index (χ4n) is 1.75. The van der Waals surface area contributed by atoms with Crippen molar-refractivity contribution in [1.29, 1.82) is 0 Å². The Balaban J connectivity index is 1.96. The molecule has 0 radical (unpaired) electrons. The van der Waals surface area contributed by atoms with E-state index in [-0.39, 0.29) is 6.04 Å². The van der Waals surface area contributed by atoms with Crippen LogP contribution in [-0.2, 0) is 0 Å². The largest absolute Gasteiger partial charge is 0.286 e. The maximum atomic E-state index is 4.70. The monoisotopic (exact) mass is 290 g/mol. The van der Waals surface area contributed by atoms with Gasteiger partial charge in [-0.15, -0.1) is 22.7 Å². The second kappa shape index (κ2) is 6.78. The third kappa shape index (κ3) is 4.11. The molecule has 2 aromatic rings. The highest BCUT2D eigenvalue weighted by atomic mass is 32.1. The summed E-state index contributed by atoms with van der Waals surface area (Å²) in [4.78, 5) is 11.8. The maximum Gasteiger partial charge on any atom is 0.0670 e. The van der Waals surface area contributed by atoms with Crippen LogP contribution in [0, 0.1) is 0 Å². The van der Waals surface area contributed by atoms with E-state index in [0.717, 1.165) is 18.0 Å². The molecule has 19 heavy (non-hydrogen) atoms. The van der Waals surface area contributed by atoms with Crippen molar-refractivity contribution in [3.8, 4) is 0 Å². The summed E-state index contributed by atoms with van der Waals surface area (Å²) in [7, 11) is 0. The maximum absolute atomic E-state index is 4.70. The van der Waals surface area contributed by atoms with E-state index in [0.29, 0.717) is 0 Å². The summed E-state index contributed by atoms with van der Waals surface area (Å²) in [5.74, 6) is 0. The lowest BCUT2D eigenvalue weighted by Crippen LogP contribution is -2.08. The third-order valence-electron chi connectivity index (χ3n) is 2.76. The van der Waals surface area contributed by atoms with Gasteiger partial charge in [-0.3, -0.25) is 9.98 Å². The van der Waals surface area contributed by atoms with Crippen LogP contribution in [0.2, 0.25) is 0 Å². The summed E-state index contributed by atoms with van der Waals surface area (Å²) < 4.78 is 0. The molecule has 4 heteroatoms. The van der Waals surface area contributed by atoms with Crippen molar-refractivity contribution < 1.29 is 0 Å². The van der Waals surface area contributed by atoms with Crippen LogP contribution in [0.5, 0.6) is 0 Å². The molecule has 0 aliphatic heterocycles. The average Bonchev–Trinajstić information content (AvgIpc) is 3.07. The van der Waals surface area contributed by atoms with Crippen LogP contribution >= 0.6 is 22.7 Å². The molecule has 0 spiro atoms. The van der Waals surface area contributed by atoms with Gasteiger partial charge in [-0.05, 0) is 43.7 Å². The fraction of sp³-hybridized carbons (Fsp3) is 0.333. The topological polar surface area (TPSA) is 24.7 Å². The standard InChI is InChI=1S/C15H18N2S2/c1-11(17-13(3)15-7-5-9-19-15)10-16-12(2)14-6-4-8-18-14/h4-9,11H,10H2,1-3H3. The van der Waals surface area contributed by atoms with Gasteiger partial charge in [0.2, 0.25) is 0 Å². The van der Waals surface area contributed by atoms with E-state index in [9.17, 15) is 0 Å². The predicted molar refractivity (Wildman–Crippen MR) is 87.4 cm³/mol. The van der Waals surface area contributed by atoms with Crippen LogP contribution in [0.4, 0.5) is 0 Å². The van der Waals surface area contributed by atoms with Crippen molar-refractivity contribution in [1.82, 2.24) is 0 Å². The zero-order valence-corrected chi connectivity index (χ0v) is 13.1. The molecule has 0 amide bonds. The van der Waals surface area contributed by atoms with Gasteiger partial charge in [-0.25, -0.2) is 0 Å². The number of hydrogen-bond acceptors (Lipinski definition) is 4. The molecule has 2 nitrogen and oxygen atoms in total. The molecule has 100 valence electrons. The molecule has 0 saturated carbocycles. The Morgan fingerprint density at radius 1 is 1.05 bits per heavy atom. The minimum absolute atomic E-state index is 0.219. The smallest absolute Gasteiger partial charge is 0.0670 e. The lowest BCUT2D eigenvalue weighted by molar-refractivity contribution is 0.756. The molecule has 1 atom stereocenters. The van der Waals surface area contributed by atoms with Gasteiger partial charge >= 0.3 is 0 Å². The first kappa shape index (κ1) is 14.2. The van der Waals surface area contributed by atoms with Gasteiger partial charge in [0.05, 0.1) is 12.6 Å². The number of aliphatic imine (C=N–C) groups is 2. The highest BCUT2D eigenvalue weighted by molar-refractivity contribution is 7.12. The zero-order valence-electron chi connectivity index (χ0n) is 11.5. The number of hydrogen-bond donors (Lipinski definition) is 0. The molecular formula is C15H18N2S2. The normalized spacial score (nSPS) is 14.7. The minimum atomic E-state index is 0.219. The molecule has 0 aliphatic carbocycles. The summed E-state index contributed by atoms with van der Waals surface area (Å²) in [5.41, 5.74) is 2.21. The summed E-state index contributed by atoms with van der Waals surface area (Å²) in [6.07, 6.45) is 0. The lowest BCUT2D eigenvalue weighted by Gasteiger charge is -2.05. The van der Waals surface area contributed by atoms with Crippen molar-refractivity contribution in [2.24, 2.45) is 9.98 Å². The van der Waals surface area contributed by atoms with Gasteiger partial charge in [0.25, 0.3) is 0 Å². The Kier molecular flexibility index (Phi) is 5.05. The van der Waals surface area contributed by atoms with Crippen LogP contribution in [0.3, 0.4) is 0 Å². The molecule has 2 rings (SSSR count). The van der Waals surface area contributed by atoms with Gasteiger partial charge in [0.1, 0.15) is 0 Å². The molecule has 2 heterocycles. The molecule has 0 N–H and O–H groups in total. The Morgan fingerprint density at radius 3 is 2.16 bits per heavy atom. The van der Waals surface area contributed by atoms with Crippen LogP contribution in [0.1, 0.15) is 30.5 Å². The second-order valence-corrected chi connectivity index (χ2v) is 6.34. The van der Waals surface area contributed by atoms with Gasteiger partial charge in [0, 0.05) is 21.2 Å². The van der Waals surface area contributed by atoms with Gasteiger partial charge < -0.3 is 0 Å². The summed E-state index contributed by atoms with van der Waals surface area (Å²) in [6.45, 7) is 6.99. The fourth-order valence-corrected chi connectivity index (χ4v) is 3.13. The first-order valence-corrected chi connectivity index (χ1v) is 8.06. The third-order valence-corrected chi connectivity index (χ3v) is 4.72. The van der Waals surface area contributed by atoms with Crippen LogP contribution in [0.15, 0.2) is 45.0 Å². The van der Waals surface area contributed by atoms with E-state index >= 15 is 0 Å². The van der Waals surface area contributed by atoms with Crippen LogP contribution in [0.25, 0.3) is 0 Å². The van der Waals surface area contributed by atoms with E-state index in [1.165, 1.54) is 9.75 Å². The van der Waals surface area contributed by atoms with Crippen molar-refractivity contribution in [3.05, 3.63) is 44.8 Å². The van der Waals surface area contributed by atoms with Crippen molar-refractivity contribution in [2.45, 2.75) is 26.8 Å². The molecular weight excluding hydrogens is 272 g/mol. The van der Waals surface area contributed by atoms with Crippen molar-refractivity contribution in [2.75, 3.05) is 6.54 Å². The Morgan fingerprint density at radius 2 is 1.63 bits per heavy atom. The molecule has 0 aromatic carbocycles. The predicted octanol–water partition coefficient (Wildman–Crippen LogP) is 4.52. The van der Waals surface area contributed by atoms with Gasteiger partial charge in [-0.2, -0.15) is 0 Å². The number of thiophene rings is 2. The quantitative estimate of drug-likeness (QED) is 0.724. The minimum Gasteiger partial charge on any atom is -0.286 e. The van der Waals surface area contributed by atoms with Gasteiger partial charge in [-0.1, -0.05) is 12.1 Å². The first-order chi connectivity index (χ1) is 9.16. The van der Waals surface area contributed by atoms with E-state index < -0.39 is 0 Å². The highest BCUT2D eigenvalue weighted by Gasteiger charge is 2.03. The SMILES string of the molecule is CC(=NCC(C)N=C(C)c1cccs1)c1cccs1. The molecule has 0 aliphatic rings. The highest BCUT2D eigenvalue weighted by Crippen LogP contribution is 2.12. The van der Waals surface area contributed by atoms with E-state index in [1.807, 2.05) is 0 Å². The Bertz CT molecular complexity index is 551. The number of rotatable bonds is 5. The zero-order chi connectivity index (χ0) is 13.7. The summed E-state index contributed by atoms with van der Waals surface area (Å²) in [6, 6.07) is 8.55. The van der Waals surface area contributed by atoms with Crippen LogP contribution < -0.4 is 0 Å². The second-order valence-electron chi connectivity index (χ2n) is 4.44. The average molecular weight is 290 g/mol. The van der Waals surface area contributed by atoms with E-state index in [1.54, 1.807) is 22.7 Å². The molecule has 1 unspecified atom stereocenters. The summed E-state index contributed by atoms with van der Waals surface area (Å²) in [5, 5.41) is 4.16. The van der Waals surface area contributed by atoms with E-state index in [4.69, 9.17) is 4.99 Å². The Labute approximate surface area is 122 Å². The van der Waals surface area contributed by atoms with Gasteiger partial charge in [0.15, 0.2) is 0 Å². The van der Waals surface area contributed by atoms with Crippen LogP contribution in [-0.4, -0.2) is 24.0 Å². The lowest BCUT2D eigenvalue weighted by atomic mass is 10.3. The number of nitrogens with zero attached hydrogens (tertiary/aromatic N) is 2. The Hall–Kier alpha value is -1.26. The molecule has 0 saturated heterocycles. The molecule has 2 aromatic heterocycles. The van der Waals surface area contributed by atoms with Crippen molar-refractivity contribution in [3.63, 3.8) is 0 Å². The molecule has 0 bridgehead atoms.